The van der Waals surface area contributed by atoms with E-state index in [1.807, 2.05) is 44.2 Å². The Bertz CT molecular complexity index is 652. The Morgan fingerprint density at radius 3 is 2.22 bits per heavy atom. The number of esters is 2. The molecule has 1 amide bonds. The van der Waals surface area contributed by atoms with Gasteiger partial charge in [-0.15, -0.1) is 0 Å². The molecule has 0 fully saturated rings. The minimum atomic E-state index is -1.87. The van der Waals surface area contributed by atoms with Crippen molar-refractivity contribution < 1.29 is 23.9 Å². The van der Waals surface area contributed by atoms with Crippen LogP contribution in [0.4, 0.5) is 0 Å². The molecule has 0 saturated carbocycles. The van der Waals surface area contributed by atoms with Gasteiger partial charge in [0.15, 0.2) is 5.54 Å². The summed E-state index contributed by atoms with van der Waals surface area (Å²) in [6.45, 7) is 8.48. The second-order valence-corrected chi connectivity index (χ2v) is 7.90. The maximum absolute atomic E-state index is 12.6. The number of carbonyl (C=O) groups excluding carboxylic acids is 3. The zero-order valence-corrected chi connectivity index (χ0v) is 16.7. The summed E-state index contributed by atoms with van der Waals surface area (Å²) in [5.74, 6) is -2.23. The van der Waals surface area contributed by atoms with Crippen molar-refractivity contribution in [1.82, 2.24) is 5.32 Å². The van der Waals surface area contributed by atoms with Gasteiger partial charge >= 0.3 is 11.9 Å². The van der Waals surface area contributed by atoms with Gasteiger partial charge in [0.25, 0.3) is 5.91 Å². The Hall–Kier alpha value is -2.41. The maximum Gasteiger partial charge on any atom is 0.336 e. The van der Waals surface area contributed by atoms with Crippen LogP contribution >= 0.6 is 0 Å². The molecule has 1 aromatic carbocycles. The van der Waals surface area contributed by atoms with Gasteiger partial charge in [-0.1, -0.05) is 44.2 Å². The van der Waals surface area contributed by atoms with Gasteiger partial charge in [0.05, 0.1) is 0 Å². The van der Waals surface area contributed by atoms with Gasteiger partial charge in [-0.3, -0.25) is 9.59 Å². The lowest BCUT2D eigenvalue weighted by Crippen LogP contribution is -2.62. The second kappa shape index (κ2) is 9.50. The van der Waals surface area contributed by atoms with Crippen molar-refractivity contribution in [2.45, 2.75) is 58.8 Å². The Morgan fingerprint density at radius 1 is 1.11 bits per heavy atom. The van der Waals surface area contributed by atoms with Crippen molar-refractivity contribution in [3.63, 3.8) is 0 Å². The molecule has 0 aliphatic carbocycles. The summed E-state index contributed by atoms with van der Waals surface area (Å²) in [7, 11) is 0. The fourth-order valence-corrected chi connectivity index (χ4v) is 2.38. The van der Waals surface area contributed by atoms with Crippen LogP contribution in [0.5, 0.6) is 0 Å². The average molecular weight is 378 g/mol. The fraction of sp³-hybridized carbons (Fsp3) is 0.550. The number of amides is 1. The monoisotopic (exact) mass is 378 g/mol. The minimum absolute atomic E-state index is 0.0294. The first-order chi connectivity index (χ1) is 12.4. The van der Waals surface area contributed by atoms with Crippen LogP contribution in [-0.2, 0) is 30.5 Å². The quantitative estimate of drug-likeness (QED) is 0.529. The van der Waals surface area contributed by atoms with Gasteiger partial charge in [0.1, 0.15) is 18.8 Å². The van der Waals surface area contributed by atoms with E-state index in [2.05, 4.69) is 5.32 Å². The Morgan fingerprint density at radius 2 is 1.70 bits per heavy atom. The van der Waals surface area contributed by atoms with Crippen molar-refractivity contribution in [1.29, 1.82) is 0 Å². The molecule has 1 atom stereocenters. The Kier molecular flexibility index (Phi) is 7.97. The average Bonchev–Trinajstić information content (AvgIpc) is 2.56. The number of hydrogen-bond donors (Lipinski definition) is 2. The van der Waals surface area contributed by atoms with Gasteiger partial charge in [0, 0.05) is 0 Å². The van der Waals surface area contributed by atoms with Gasteiger partial charge in [-0.05, 0) is 38.7 Å². The standard InChI is InChI=1S/C20H30N2O5/c1-14(2)11-20(21,18(25)27-19(3,4)5)17(24)22-12-16(23)26-13-15-9-7-6-8-10-15/h6-10,14H,11-13,21H2,1-5H3,(H,22,24)/t20-/m0/s1. The van der Waals surface area contributed by atoms with Gasteiger partial charge in [0.2, 0.25) is 0 Å². The molecule has 1 rings (SSSR count). The van der Waals surface area contributed by atoms with Crippen LogP contribution in [0.25, 0.3) is 0 Å². The molecule has 0 aliphatic heterocycles. The van der Waals surface area contributed by atoms with Crippen LogP contribution in [-0.4, -0.2) is 35.5 Å². The summed E-state index contributed by atoms with van der Waals surface area (Å²) in [5.41, 5.74) is 4.28. The minimum Gasteiger partial charge on any atom is -0.460 e. The SMILES string of the molecule is CC(C)C[C@](N)(C(=O)NCC(=O)OCc1ccccc1)C(=O)OC(C)(C)C. The number of carbonyl (C=O) groups is 3. The molecule has 0 bridgehead atoms. The predicted molar refractivity (Wildman–Crippen MR) is 101 cm³/mol. The fourth-order valence-electron chi connectivity index (χ4n) is 2.38. The van der Waals surface area contributed by atoms with Crippen LogP contribution in [0.3, 0.4) is 0 Å². The first kappa shape index (κ1) is 22.6. The molecule has 0 aliphatic rings. The zero-order valence-electron chi connectivity index (χ0n) is 16.7. The topological polar surface area (TPSA) is 108 Å². The number of rotatable bonds is 8. The third kappa shape index (κ3) is 7.78. The molecular weight excluding hydrogens is 348 g/mol. The molecule has 27 heavy (non-hydrogen) atoms. The Labute approximate surface area is 160 Å². The second-order valence-electron chi connectivity index (χ2n) is 7.90. The highest BCUT2D eigenvalue weighted by atomic mass is 16.6. The lowest BCUT2D eigenvalue weighted by molar-refractivity contribution is -0.165. The van der Waals surface area contributed by atoms with Crippen molar-refractivity contribution >= 4 is 17.8 Å². The largest absolute Gasteiger partial charge is 0.460 e. The van der Waals surface area contributed by atoms with Crippen molar-refractivity contribution in [3.8, 4) is 0 Å². The molecule has 3 N–H and O–H groups in total. The Balaban J connectivity index is 2.67. The highest BCUT2D eigenvalue weighted by molar-refractivity contribution is 6.07. The van der Waals surface area contributed by atoms with E-state index < -0.39 is 29.0 Å². The van der Waals surface area contributed by atoms with E-state index in [1.54, 1.807) is 20.8 Å². The maximum atomic E-state index is 12.6. The first-order valence-corrected chi connectivity index (χ1v) is 8.94. The number of ether oxygens (including phenoxy) is 2. The molecule has 0 heterocycles. The molecule has 1 aromatic rings. The van der Waals surface area contributed by atoms with E-state index in [4.69, 9.17) is 15.2 Å². The molecule has 0 unspecified atom stereocenters. The van der Waals surface area contributed by atoms with E-state index in [1.165, 1.54) is 0 Å². The molecule has 0 radical (unpaired) electrons. The molecule has 7 heteroatoms. The molecule has 0 aromatic heterocycles. The number of benzene rings is 1. The summed E-state index contributed by atoms with van der Waals surface area (Å²) >= 11 is 0. The lowest BCUT2D eigenvalue weighted by Gasteiger charge is -2.31. The molecular formula is C20H30N2O5. The smallest absolute Gasteiger partial charge is 0.336 e. The van der Waals surface area contributed by atoms with E-state index in [0.29, 0.717) is 0 Å². The summed E-state index contributed by atoms with van der Waals surface area (Å²) in [5, 5.41) is 2.39. The summed E-state index contributed by atoms with van der Waals surface area (Å²) in [4.78, 5) is 36.9. The summed E-state index contributed by atoms with van der Waals surface area (Å²) < 4.78 is 10.4. The molecule has 150 valence electrons. The van der Waals surface area contributed by atoms with Crippen LogP contribution in [0.1, 0.15) is 46.6 Å². The van der Waals surface area contributed by atoms with Crippen LogP contribution in [0.15, 0.2) is 30.3 Å². The van der Waals surface area contributed by atoms with Crippen LogP contribution in [0.2, 0.25) is 0 Å². The normalized spacial score (nSPS) is 13.6. The van der Waals surface area contributed by atoms with Crippen molar-refractivity contribution in [3.05, 3.63) is 35.9 Å². The van der Waals surface area contributed by atoms with E-state index in [0.717, 1.165) is 5.56 Å². The van der Waals surface area contributed by atoms with Crippen LogP contribution < -0.4 is 11.1 Å². The van der Waals surface area contributed by atoms with Gasteiger partial charge in [-0.2, -0.15) is 0 Å². The van der Waals surface area contributed by atoms with E-state index in [9.17, 15) is 14.4 Å². The lowest BCUT2D eigenvalue weighted by atomic mass is 9.88. The van der Waals surface area contributed by atoms with Gasteiger partial charge in [-0.25, -0.2) is 4.79 Å². The third-order valence-corrected chi connectivity index (χ3v) is 3.53. The number of nitrogens with one attached hydrogen (secondary N) is 1. The third-order valence-electron chi connectivity index (χ3n) is 3.53. The first-order valence-electron chi connectivity index (χ1n) is 8.94. The summed E-state index contributed by atoms with van der Waals surface area (Å²) in [6, 6.07) is 9.17. The molecule has 7 nitrogen and oxygen atoms in total. The zero-order chi connectivity index (χ0) is 20.7. The molecule has 0 spiro atoms. The summed E-state index contributed by atoms with van der Waals surface area (Å²) in [6.07, 6.45) is 0.0901. The number of nitrogens with two attached hydrogens (primary N) is 1. The number of hydrogen-bond acceptors (Lipinski definition) is 6. The molecule has 0 saturated heterocycles. The van der Waals surface area contributed by atoms with Crippen molar-refractivity contribution in [2.75, 3.05) is 6.54 Å². The van der Waals surface area contributed by atoms with Gasteiger partial charge < -0.3 is 20.5 Å². The highest BCUT2D eigenvalue weighted by Gasteiger charge is 2.45. The predicted octanol–water partition coefficient (Wildman–Crippen LogP) is 1.93. The van der Waals surface area contributed by atoms with Crippen molar-refractivity contribution in [2.24, 2.45) is 11.7 Å². The van der Waals surface area contributed by atoms with Crippen LogP contribution in [0, 0.1) is 5.92 Å². The van der Waals surface area contributed by atoms with E-state index in [-0.39, 0.29) is 25.5 Å². The van der Waals surface area contributed by atoms with E-state index >= 15 is 0 Å². The highest BCUT2D eigenvalue weighted by Crippen LogP contribution is 2.20.